The summed E-state index contributed by atoms with van der Waals surface area (Å²) in [5.41, 5.74) is 1.88. The first-order valence-corrected chi connectivity index (χ1v) is 19.3. The van der Waals surface area contributed by atoms with Gasteiger partial charge in [-0.15, -0.1) is 11.8 Å². The van der Waals surface area contributed by atoms with E-state index in [1.54, 1.807) is 48.5 Å². The van der Waals surface area contributed by atoms with Crippen LogP contribution in [0.4, 0.5) is 5.69 Å². The van der Waals surface area contributed by atoms with Gasteiger partial charge in [0.25, 0.3) is 10.0 Å². The lowest BCUT2D eigenvalue weighted by Crippen LogP contribution is -2.54. The van der Waals surface area contributed by atoms with E-state index in [1.165, 1.54) is 16.7 Å². The largest absolute Gasteiger partial charge is 0.492 e. The van der Waals surface area contributed by atoms with Crippen LogP contribution in [0.15, 0.2) is 117 Å². The monoisotopic (exact) mass is 751 g/mol. The zero-order valence-electron chi connectivity index (χ0n) is 27.6. The zero-order chi connectivity index (χ0) is 34.7. The number of carbonyl (C=O) groups is 2. The summed E-state index contributed by atoms with van der Waals surface area (Å²) in [7, 11) is -4.27. The van der Waals surface area contributed by atoms with Crippen LogP contribution in [0.5, 0.6) is 5.75 Å². The van der Waals surface area contributed by atoms with Gasteiger partial charge < -0.3 is 15.0 Å². The van der Waals surface area contributed by atoms with Crippen molar-refractivity contribution in [2.45, 2.75) is 62.0 Å². The third kappa shape index (κ3) is 9.64. The molecule has 0 aliphatic rings. The van der Waals surface area contributed by atoms with Gasteiger partial charge in [-0.3, -0.25) is 13.9 Å². The molecule has 2 amide bonds. The molecule has 0 spiro atoms. The fraction of sp³-hybridized carbons (Fsp3) is 0.297. The molecule has 0 fully saturated rings. The van der Waals surface area contributed by atoms with E-state index in [2.05, 4.69) is 21.2 Å². The molecule has 0 saturated carbocycles. The number of hydrogen-bond acceptors (Lipinski definition) is 6. The van der Waals surface area contributed by atoms with Crippen molar-refractivity contribution in [3.8, 4) is 5.75 Å². The van der Waals surface area contributed by atoms with Crippen molar-refractivity contribution in [1.82, 2.24) is 10.2 Å². The van der Waals surface area contributed by atoms with E-state index in [0.29, 0.717) is 18.8 Å². The first-order chi connectivity index (χ1) is 23.1. The Hall–Kier alpha value is -3.80. The number of amides is 2. The Morgan fingerprint density at radius 3 is 2.21 bits per heavy atom. The molecule has 11 heteroatoms. The molecule has 254 valence electrons. The normalized spacial score (nSPS) is 12.5. The second-order valence-corrected chi connectivity index (χ2v) is 14.9. The second kappa shape index (κ2) is 17.6. The zero-order valence-corrected chi connectivity index (χ0v) is 30.9. The fourth-order valence-corrected chi connectivity index (χ4v) is 7.44. The number of nitrogens with zero attached hydrogens (tertiary/aromatic N) is 2. The summed E-state index contributed by atoms with van der Waals surface area (Å²) in [6.07, 6.45) is 2.86. The van der Waals surface area contributed by atoms with Crippen molar-refractivity contribution >= 4 is 55.2 Å². The predicted octanol–water partition coefficient (Wildman–Crippen LogP) is 7.32. The molecule has 8 nitrogen and oxygen atoms in total. The van der Waals surface area contributed by atoms with Crippen LogP contribution in [0.3, 0.4) is 0 Å². The average Bonchev–Trinajstić information content (AvgIpc) is 3.09. The highest BCUT2D eigenvalue weighted by Gasteiger charge is 2.36. The van der Waals surface area contributed by atoms with Crippen molar-refractivity contribution in [2.75, 3.05) is 23.7 Å². The van der Waals surface area contributed by atoms with E-state index >= 15 is 0 Å². The third-order valence-corrected chi connectivity index (χ3v) is 10.9. The lowest BCUT2D eigenvalue weighted by atomic mass is 10.0. The Morgan fingerprint density at radius 1 is 0.896 bits per heavy atom. The number of thioether (sulfide) groups is 1. The Labute approximate surface area is 297 Å². The van der Waals surface area contributed by atoms with E-state index in [4.69, 9.17) is 4.74 Å². The van der Waals surface area contributed by atoms with Gasteiger partial charge in [-0.2, -0.15) is 0 Å². The number of benzene rings is 4. The molecule has 4 aromatic carbocycles. The van der Waals surface area contributed by atoms with Crippen molar-refractivity contribution in [3.63, 3.8) is 0 Å². The Kier molecular flexibility index (Phi) is 13.5. The quantitative estimate of drug-likeness (QED) is 0.121. The van der Waals surface area contributed by atoms with E-state index in [9.17, 15) is 18.0 Å². The maximum Gasteiger partial charge on any atom is 0.264 e. The number of nitrogens with one attached hydrogen (secondary N) is 1. The molecule has 0 saturated heterocycles. The second-order valence-electron chi connectivity index (χ2n) is 11.3. The maximum atomic E-state index is 14.7. The van der Waals surface area contributed by atoms with Crippen LogP contribution in [0.2, 0.25) is 0 Å². The van der Waals surface area contributed by atoms with E-state index in [0.717, 1.165) is 24.8 Å². The molecule has 0 aliphatic carbocycles. The topological polar surface area (TPSA) is 96.0 Å². The van der Waals surface area contributed by atoms with Gasteiger partial charge in [0, 0.05) is 28.4 Å². The molecule has 0 radical (unpaired) electrons. The van der Waals surface area contributed by atoms with Crippen LogP contribution in [0.1, 0.15) is 38.3 Å². The number of ether oxygens (including phenoxy) is 1. The first-order valence-electron chi connectivity index (χ1n) is 15.8. The lowest BCUT2D eigenvalue weighted by Gasteiger charge is -2.34. The summed E-state index contributed by atoms with van der Waals surface area (Å²) in [5.74, 6) is -0.523. The lowest BCUT2D eigenvalue weighted by molar-refractivity contribution is -0.140. The van der Waals surface area contributed by atoms with Crippen LogP contribution in [0.25, 0.3) is 0 Å². The van der Waals surface area contributed by atoms with Crippen molar-refractivity contribution in [1.29, 1.82) is 0 Å². The van der Waals surface area contributed by atoms with Crippen LogP contribution >= 0.6 is 27.7 Å². The number of anilines is 1. The standard InChI is InChI=1S/C37H42BrN3O5S2/c1-5-27(3)39-37(43)34(24-28-13-8-7-9-14-28)40(25-29-15-12-16-30(38)23-29)36(42)26-41(33-17-10-11-18-35(33)46-6-2)48(44,45)32-21-19-31(47-4)20-22-32/h7-23,27,34H,5-6,24-26H2,1-4H3,(H,39,43)/t27-,34-/m1/s1. The van der Waals surface area contributed by atoms with Gasteiger partial charge >= 0.3 is 0 Å². The summed E-state index contributed by atoms with van der Waals surface area (Å²) in [6.45, 7) is 5.52. The van der Waals surface area contributed by atoms with Gasteiger partial charge in [0.05, 0.1) is 17.2 Å². The molecule has 0 heterocycles. The fourth-order valence-electron chi connectivity index (χ4n) is 5.16. The van der Waals surface area contributed by atoms with Crippen LogP contribution < -0.4 is 14.4 Å². The van der Waals surface area contributed by atoms with E-state index in [1.807, 2.05) is 81.6 Å². The predicted molar refractivity (Wildman–Crippen MR) is 197 cm³/mol. The Balaban J connectivity index is 1.85. The number of hydrogen-bond donors (Lipinski definition) is 1. The van der Waals surface area contributed by atoms with Crippen molar-refractivity contribution in [3.05, 3.63) is 119 Å². The molecule has 0 unspecified atom stereocenters. The Morgan fingerprint density at radius 2 is 1.56 bits per heavy atom. The molecule has 0 aliphatic heterocycles. The minimum Gasteiger partial charge on any atom is -0.492 e. The summed E-state index contributed by atoms with van der Waals surface area (Å²) >= 11 is 5.02. The minimum absolute atomic E-state index is 0.0355. The maximum absolute atomic E-state index is 14.7. The van der Waals surface area contributed by atoms with Crippen LogP contribution in [0, 0.1) is 0 Å². The number of halogens is 1. The van der Waals surface area contributed by atoms with Gasteiger partial charge in [-0.25, -0.2) is 8.42 Å². The molecule has 4 rings (SSSR count). The number of para-hydroxylation sites is 2. The SMILES string of the molecule is CCOc1ccccc1N(CC(=O)N(Cc1cccc(Br)c1)[C@H](Cc1ccccc1)C(=O)N[C@H](C)CC)S(=O)(=O)c1ccc(SC)cc1. The minimum atomic E-state index is -4.27. The molecule has 48 heavy (non-hydrogen) atoms. The van der Waals surface area contributed by atoms with E-state index in [-0.39, 0.29) is 35.5 Å². The summed E-state index contributed by atoms with van der Waals surface area (Å²) < 4.78 is 36.6. The molecule has 0 aromatic heterocycles. The smallest absolute Gasteiger partial charge is 0.264 e. The van der Waals surface area contributed by atoms with Crippen LogP contribution in [-0.4, -0.2) is 56.6 Å². The molecule has 1 N–H and O–H groups in total. The summed E-state index contributed by atoms with van der Waals surface area (Å²) in [6, 6.07) is 29.3. The highest BCUT2D eigenvalue weighted by Crippen LogP contribution is 2.33. The van der Waals surface area contributed by atoms with Crippen LogP contribution in [-0.2, 0) is 32.6 Å². The molecule has 2 atom stereocenters. The third-order valence-electron chi connectivity index (χ3n) is 7.87. The number of rotatable bonds is 16. The average molecular weight is 753 g/mol. The Bertz CT molecular complexity index is 1770. The van der Waals surface area contributed by atoms with Gasteiger partial charge in [-0.05, 0) is 86.2 Å². The first kappa shape index (κ1) is 37.0. The molecule has 0 bridgehead atoms. The molecular formula is C37H42BrN3O5S2. The summed E-state index contributed by atoms with van der Waals surface area (Å²) in [4.78, 5) is 31.2. The van der Waals surface area contributed by atoms with Gasteiger partial charge in [-0.1, -0.05) is 77.5 Å². The highest BCUT2D eigenvalue weighted by molar-refractivity contribution is 9.10. The molecule has 4 aromatic rings. The van der Waals surface area contributed by atoms with Gasteiger partial charge in [0.2, 0.25) is 11.8 Å². The molecular weight excluding hydrogens is 710 g/mol. The van der Waals surface area contributed by atoms with Crippen molar-refractivity contribution < 1.29 is 22.7 Å². The van der Waals surface area contributed by atoms with Crippen molar-refractivity contribution in [2.24, 2.45) is 0 Å². The highest BCUT2D eigenvalue weighted by atomic mass is 79.9. The number of carbonyl (C=O) groups excluding carboxylic acids is 2. The van der Waals surface area contributed by atoms with Gasteiger partial charge in [0.1, 0.15) is 18.3 Å². The van der Waals surface area contributed by atoms with E-state index < -0.39 is 28.5 Å². The van der Waals surface area contributed by atoms with Gasteiger partial charge in [0.15, 0.2) is 0 Å². The summed E-state index contributed by atoms with van der Waals surface area (Å²) in [5, 5.41) is 3.06. The number of sulfonamides is 1.